The molecule has 2 aromatic carbocycles. The fourth-order valence-corrected chi connectivity index (χ4v) is 3.49. The molecule has 0 atom stereocenters. The molecule has 0 saturated heterocycles. The average molecular weight is 410 g/mol. The van der Waals surface area contributed by atoms with Gasteiger partial charge >= 0.3 is 0 Å². The third-order valence-corrected chi connectivity index (χ3v) is 4.93. The van der Waals surface area contributed by atoms with Gasteiger partial charge in [-0.05, 0) is 41.8 Å². The van der Waals surface area contributed by atoms with Gasteiger partial charge in [-0.25, -0.2) is 4.98 Å². The van der Waals surface area contributed by atoms with Crippen LogP contribution in [0.2, 0.25) is 0 Å². The van der Waals surface area contributed by atoms with E-state index in [9.17, 15) is 0 Å². The number of imidazole rings is 1. The molecule has 0 bridgehead atoms. The zero-order valence-electron chi connectivity index (χ0n) is 16.6. The van der Waals surface area contributed by atoms with Crippen LogP contribution in [0.3, 0.4) is 0 Å². The number of fused-ring (bicyclic) bond motifs is 2. The van der Waals surface area contributed by atoms with Crippen LogP contribution in [-0.2, 0) is 0 Å². The summed E-state index contributed by atoms with van der Waals surface area (Å²) in [5.74, 6) is 1.04. The first-order chi connectivity index (χ1) is 15.3. The van der Waals surface area contributed by atoms with Gasteiger partial charge in [-0.2, -0.15) is 9.97 Å². The summed E-state index contributed by atoms with van der Waals surface area (Å²) in [4.78, 5) is 20.9. The lowest BCUT2D eigenvalue weighted by molar-refractivity contribution is 0.378. The van der Waals surface area contributed by atoms with E-state index in [0.717, 1.165) is 34.3 Å². The van der Waals surface area contributed by atoms with Crippen LogP contribution in [0, 0.1) is 6.61 Å². The van der Waals surface area contributed by atoms with Gasteiger partial charge < -0.3 is 20.7 Å². The van der Waals surface area contributed by atoms with Crippen LogP contribution in [0.5, 0.6) is 0 Å². The number of anilines is 3. The third-order valence-electron chi connectivity index (χ3n) is 4.93. The van der Waals surface area contributed by atoms with Crippen LogP contribution < -0.4 is 10.6 Å². The van der Waals surface area contributed by atoms with Crippen molar-refractivity contribution in [2.75, 3.05) is 17.2 Å². The van der Waals surface area contributed by atoms with Crippen LogP contribution in [0.1, 0.15) is 6.42 Å². The van der Waals surface area contributed by atoms with Crippen molar-refractivity contribution >= 4 is 39.5 Å². The SMILES string of the molecule is O[CH]CCNc1nc(Nc2ccc3nccc(-c4ccccc4)c3c2)nc2[nH]cnc12. The molecule has 0 fully saturated rings. The molecule has 31 heavy (non-hydrogen) atoms. The van der Waals surface area contributed by atoms with E-state index in [4.69, 9.17) is 5.11 Å². The lowest BCUT2D eigenvalue weighted by Gasteiger charge is -2.11. The third kappa shape index (κ3) is 3.88. The molecule has 1 radical (unpaired) electrons. The molecular weight excluding hydrogens is 390 g/mol. The lowest BCUT2D eigenvalue weighted by atomic mass is 10.0. The minimum absolute atomic E-state index is 0.441. The van der Waals surface area contributed by atoms with Crippen molar-refractivity contribution < 1.29 is 5.11 Å². The van der Waals surface area contributed by atoms with Crippen LogP contribution in [0.4, 0.5) is 17.5 Å². The van der Waals surface area contributed by atoms with Crippen molar-refractivity contribution in [2.24, 2.45) is 0 Å². The number of aliphatic hydroxyl groups excluding tert-OH is 1. The Kier molecular flexibility index (Phi) is 5.12. The Morgan fingerprint density at radius 3 is 2.77 bits per heavy atom. The summed E-state index contributed by atoms with van der Waals surface area (Å²) in [5, 5.41) is 16.4. The number of nitrogens with one attached hydrogen (secondary N) is 3. The highest BCUT2D eigenvalue weighted by Gasteiger charge is 2.11. The summed E-state index contributed by atoms with van der Waals surface area (Å²) in [5.41, 5.74) is 5.29. The molecule has 5 rings (SSSR count). The van der Waals surface area contributed by atoms with Crippen LogP contribution >= 0.6 is 0 Å². The maximum absolute atomic E-state index is 8.92. The van der Waals surface area contributed by atoms with Crippen LogP contribution in [-0.4, -0.2) is 36.6 Å². The Morgan fingerprint density at radius 1 is 1.00 bits per heavy atom. The lowest BCUT2D eigenvalue weighted by Crippen LogP contribution is -2.07. The van der Waals surface area contributed by atoms with Gasteiger partial charge in [-0.15, -0.1) is 0 Å². The van der Waals surface area contributed by atoms with Crippen LogP contribution in [0.15, 0.2) is 67.1 Å². The molecule has 0 spiro atoms. The Hall–Kier alpha value is -4.04. The van der Waals surface area contributed by atoms with E-state index in [2.05, 4.69) is 53.8 Å². The summed E-state index contributed by atoms with van der Waals surface area (Å²) >= 11 is 0. The Morgan fingerprint density at radius 2 is 1.90 bits per heavy atom. The number of aliphatic hydroxyl groups is 1. The van der Waals surface area contributed by atoms with E-state index in [-0.39, 0.29) is 0 Å². The molecule has 0 amide bonds. The quantitative estimate of drug-likeness (QED) is 0.289. The second kappa shape index (κ2) is 8.37. The van der Waals surface area contributed by atoms with E-state index in [0.29, 0.717) is 35.9 Å². The molecule has 0 aliphatic heterocycles. The number of benzene rings is 2. The topological polar surface area (TPSA) is 112 Å². The smallest absolute Gasteiger partial charge is 0.231 e. The summed E-state index contributed by atoms with van der Waals surface area (Å²) in [6, 6.07) is 18.3. The molecule has 4 N–H and O–H groups in total. The number of nitrogens with zero attached hydrogens (tertiary/aromatic N) is 4. The zero-order chi connectivity index (χ0) is 21.0. The van der Waals surface area contributed by atoms with Gasteiger partial charge in [0.25, 0.3) is 0 Å². The number of aromatic nitrogens is 5. The van der Waals surface area contributed by atoms with E-state index in [1.807, 2.05) is 42.6 Å². The van der Waals surface area contributed by atoms with Crippen molar-refractivity contribution in [2.45, 2.75) is 6.42 Å². The second-order valence-electron chi connectivity index (χ2n) is 6.98. The zero-order valence-corrected chi connectivity index (χ0v) is 16.6. The highest BCUT2D eigenvalue weighted by Crippen LogP contribution is 2.30. The van der Waals surface area contributed by atoms with Crippen molar-refractivity contribution in [1.82, 2.24) is 24.9 Å². The van der Waals surface area contributed by atoms with E-state index < -0.39 is 0 Å². The number of hydrogen-bond donors (Lipinski definition) is 4. The predicted octanol–water partition coefficient (Wildman–Crippen LogP) is 4.65. The summed E-state index contributed by atoms with van der Waals surface area (Å²) in [6.45, 7) is 1.65. The average Bonchev–Trinajstić information content (AvgIpc) is 3.28. The molecule has 153 valence electrons. The fourth-order valence-electron chi connectivity index (χ4n) is 3.49. The van der Waals surface area contributed by atoms with E-state index in [1.165, 1.54) is 0 Å². The maximum Gasteiger partial charge on any atom is 0.231 e. The summed E-state index contributed by atoms with van der Waals surface area (Å²) in [7, 11) is 0. The van der Waals surface area contributed by atoms with Gasteiger partial charge in [-0.3, -0.25) is 4.98 Å². The molecule has 8 heteroatoms. The molecule has 0 saturated carbocycles. The number of pyridine rings is 1. The second-order valence-corrected chi connectivity index (χ2v) is 6.98. The Balaban J connectivity index is 1.51. The molecule has 0 aliphatic rings. The van der Waals surface area contributed by atoms with E-state index in [1.54, 1.807) is 6.33 Å². The molecule has 0 aliphatic carbocycles. The van der Waals surface area contributed by atoms with Gasteiger partial charge in [-0.1, -0.05) is 30.3 Å². The van der Waals surface area contributed by atoms with Crippen molar-refractivity contribution in [3.63, 3.8) is 0 Å². The molecule has 8 nitrogen and oxygen atoms in total. The minimum Gasteiger partial charge on any atom is -0.390 e. The van der Waals surface area contributed by atoms with Gasteiger partial charge in [0.05, 0.1) is 18.5 Å². The number of H-pyrrole nitrogens is 1. The molecule has 5 aromatic rings. The first-order valence-electron chi connectivity index (χ1n) is 9.94. The summed E-state index contributed by atoms with van der Waals surface area (Å²) < 4.78 is 0. The number of hydrogen-bond acceptors (Lipinski definition) is 7. The van der Waals surface area contributed by atoms with Gasteiger partial charge in [0.15, 0.2) is 11.5 Å². The van der Waals surface area contributed by atoms with Crippen molar-refractivity contribution in [1.29, 1.82) is 0 Å². The molecule has 3 heterocycles. The molecular formula is C23H20N7O. The Bertz CT molecular complexity index is 1330. The first-order valence-corrected chi connectivity index (χ1v) is 9.94. The highest BCUT2D eigenvalue weighted by molar-refractivity contribution is 5.96. The minimum atomic E-state index is 0.441. The number of aromatic amines is 1. The number of rotatable bonds is 7. The fraction of sp³-hybridized carbons (Fsp3) is 0.0870. The monoisotopic (exact) mass is 410 g/mol. The Labute approximate surface area is 178 Å². The first kappa shape index (κ1) is 19.0. The van der Waals surface area contributed by atoms with Gasteiger partial charge in [0.1, 0.15) is 5.52 Å². The van der Waals surface area contributed by atoms with E-state index >= 15 is 0 Å². The van der Waals surface area contributed by atoms with Crippen LogP contribution in [0.25, 0.3) is 33.2 Å². The van der Waals surface area contributed by atoms with Gasteiger partial charge in [0, 0.05) is 23.8 Å². The van der Waals surface area contributed by atoms with Gasteiger partial charge in [0.2, 0.25) is 5.95 Å². The summed E-state index contributed by atoms with van der Waals surface area (Å²) in [6.07, 6.45) is 3.91. The van der Waals surface area contributed by atoms with Crippen molar-refractivity contribution in [3.8, 4) is 11.1 Å². The maximum atomic E-state index is 8.92. The molecule has 3 aromatic heterocycles. The largest absolute Gasteiger partial charge is 0.390 e. The predicted molar refractivity (Wildman–Crippen MR) is 121 cm³/mol. The highest BCUT2D eigenvalue weighted by atomic mass is 16.3. The standard InChI is InChI=1S/C23H20N7O/c31-12-4-10-25-21-20-22(27-14-26-20)30-23(29-21)28-16-7-8-19-18(13-16)17(9-11-24-19)15-5-2-1-3-6-15/h1-3,5-9,11-14,31H,4,10H2,(H3,25,26,27,28,29,30). The molecule has 0 unspecified atom stereocenters. The normalized spacial score (nSPS) is 11.1. The van der Waals surface area contributed by atoms with Crippen molar-refractivity contribution in [3.05, 3.63) is 73.7 Å².